The van der Waals surface area contributed by atoms with Gasteiger partial charge in [-0.05, 0) is 18.9 Å². The molecular weight excluding hydrogens is 365 g/mol. The largest absolute Gasteiger partial charge is 0.503 e. The van der Waals surface area contributed by atoms with Gasteiger partial charge in [0.2, 0.25) is 5.82 Å². The molecule has 0 saturated carbocycles. The number of phenols is 1. The summed E-state index contributed by atoms with van der Waals surface area (Å²) < 4.78 is 41.7. The standard InChI is InChI=1S/C17H17F3N4O3/c1-23-7-4-21-15(17(23)27)24-5-2-9(3-6-24)22-16(26)10-8-11(18)13(20)14(25)12(10)19/h4,7-9,25H,2-3,5-6H2,1H3,(H,22,26). The second-order valence-corrected chi connectivity index (χ2v) is 6.28. The molecule has 1 aliphatic rings. The summed E-state index contributed by atoms with van der Waals surface area (Å²) in [5, 5.41) is 11.8. The van der Waals surface area contributed by atoms with Gasteiger partial charge < -0.3 is 19.9 Å². The molecule has 0 spiro atoms. The van der Waals surface area contributed by atoms with Gasteiger partial charge in [-0.2, -0.15) is 4.39 Å². The third kappa shape index (κ3) is 3.60. The monoisotopic (exact) mass is 382 g/mol. The van der Waals surface area contributed by atoms with Gasteiger partial charge in [-0.3, -0.25) is 9.59 Å². The zero-order valence-electron chi connectivity index (χ0n) is 14.4. The number of amides is 1. The Morgan fingerprint density at radius 2 is 1.93 bits per heavy atom. The Hall–Kier alpha value is -3.04. The molecular formula is C17H17F3N4O3. The van der Waals surface area contributed by atoms with Crippen LogP contribution in [0.1, 0.15) is 23.2 Å². The highest BCUT2D eigenvalue weighted by Crippen LogP contribution is 2.26. The normalized spacial score (nSPS) is 15.0. The topological polar surface area (TPSA) is 87.5 Å². The lowest BCUT2D eigenvalue weighted by Gasteiger charge is -2.32. The molecule has 2 heterocycles. The van der Waals surface area contributed by atoms with E-state index in [9.17, 15) is 27.9 Å². The third-order valence-corrected chi connectivity index (χ3v) is 4.51. The van der Waals surface area contributed by atoms with E-state index in [1.54, 1.807) is 18.1 Å². The Labute approximate surface area is 152 Å². The van der Waals surface area contributed by atoms with E-state index in [1.165, 1.54) is 10.8 Å². The Bertz CT molecular complexity index is 940. The number of carbonyl (C=O) groups is 1. The number of halogens is 3. The first-order chi connectivity index (χ1) is 12.8. The molecule has 3 rings (SSSR count). The van der Waals surface area contributed by atoms with Gasteiger partial charge in [-0.1, -0.05) is 0 Å². The van der Waals surface area contributed by atoms with Crippen molar-refractivity contribution in [2.24, 2.45) is 7.05 Å². The Kier molecular flexibility index (Phi) is 5.06. The van der Waals surface area contributed by atoms with Crippen LogP contribution in [-0.4, -0.2) is 39.7 Å². The fourth-order valence-corrected chi connectivity index (χ4v) is 2.96. The summed E-state index contributed by atoms with van der Waals surface area (Å²) in [5.41, 5.74) is -1.01. The minimum Gasteiger partial charge on any atom is -0.503 e. The molecule has 1 saturated heterocycles. The number of aryl methyl sites for hydroxylation is 1. The van der Waals surface area contributed by atoms with Crippen molar-refractivity contribution in [2.75, 3.05) is 18.0 Å². The van der Waals surface area contributed by atoms with E-state index < -0.39 is 34.7 Å². The number of carbonyl (C=O) groups excluding carboxylic acids is 1. The summed E-state index contributed by atoms with van der Waals surface area (Å²) in [6.45, 7) is 0.866. The summed E-state index contributed by atoms with van der Waals surface area (Å²) >= 11 is 0. The molecule has 2 aromatic rings. The maximum Gasteiger partial charge on any atom is 0.293 e. The molecule has 27 heavy (non-hydrogen) atoms. The molecule has 0 unspecified atom stereocenters. The van der Waals surface area contributed by atoms with Crippen molar-refractivity contribution >= 4 is 11.7 Å². The average molecular weight is 382 g/mol. The average Bonchev–Trinajstić information content (AvgIpc) is 2.66. The lowest BCUT2D eigenvalue weighted by atomic mass is 10.0. The van der Waals surface area contributed by atoms with Crippen LogP contribution in [0.4, 0.5) is 19.0 Å². The van der Waals surface area contributed by atoms with Crippen LogP contribution >= 0.6 is 0 Å². The molecule has 1 fully saturated rings. The molecule has 0 radical (unpaired) electrons. The number of anilines is 1. The second-order valence-electron chi connectivity index (χ2n) is 6.28. The molecule has 7 nitrogen and oxygen atoms in total. The summed E-state index contributed by atoms with van der Waals surface area (Å²) in [6.07, 6.45) is 3.96. The van der Waals surface area contributed by atoms with Gasteiger partial charge in [0.1, 0.15) is 0 Å². The minimum absolute atomic E-state index is 0.237. The molecule has 1 aromatic carbocycles. The maximum atomic E-state index is 13.8. The highest BCUT2D eigenvalue weighted by molar-refractivity contribution is 5.95. The first-order valence-electron chi connectivity index (χ1n) is 8.23. The highest BCUT2D eigenvalue weighted by Gasteiger charge is 2.27. The molecule has 2 N–H and O–H groups in total. The maximum absolute atomic E-state index is 13.8. The van der Waals surface area contributed by atoms with Gasteiger partial charge >= 0.3 is 0 Å². The number of hydrogen-bond donors (Lipinski definition) is 2. The summed E-state index contributed by atoms with van der Waals surface area (Å²) in [4.78, 5) is 30.1. The lowest BCUT2D eigenvalue weighted by molar-refractivity contribution is 0.0925. The zero-order valence-corrected chi connectivity index (χ0v) is 14.4. The van der Waals surface area contributed by atoms with E-state index in [4.69, 9.17) is 0 Å². The fourth-order valence-electron chi connectivity index (χ4n) is 2.96. The molecule has 0 bridgehead atoms. The number of nitrogens with one attached hydrogen (secondary N) is 1. The number of benzene rings is 1. The fraction of sp³-hybridized carbons (Fsp3) is 0.353. The van der Waals surface area contributed by atoms with Crippen molar-refractivity contribution in [3.63, 3.8) is 0 Å². The summed E-state index contributed by atoms with van der Waals surface area (Å²) in [7, 11) is 1.62. The SMILES string of the molecule is Cn1ccnc(N2CCC(NC(=O)c3cc(F)c(F)c(O)c3F)CC2)c1=O. The number of rotatable bonds is 3. The van der Waals surface area contributed by atoms with Gasteiger partial charge in [-0.15, -0.1) is 0 Å². The predicted molar refractivity (Wildman–Crippen MR) is 90.2 cm³/mol. The van der Waals surface area contributed by atoms with E-state index in [0.29, 0.717) is 37.8 Å². The molecule has 1 amide bonds. The molecule has 10 heteroatoms. The number of aromatic nitrogens is 2. The van der Waals surface area contributed by atoms with E-state index >= 15 is 0 Å². The van der Waals surface area contributed by atoms with Crippen LogP contribution in [0.3, 0.4) is 0 Å². The van der Waals surface area contributed by atoms with Crippen molar-refractivity contribution < 1.29 is 23.1 Å². The van der Waals surface area contributed by atoms with Crippen LogP contribution in [0, 0.1) is 17.5 Å². The van der Waals surface area contributed by atoms with Crippen LogP contribution in [-0.2, 0) is 7.05 Å². The Morgan fingerprint density at radius 1 is 1.26 bits per heavy atom. The second kappa shape index (κ2) is 7.29. The molecule has 0 aliphatic carbocycles. The van der Waals surface area contributed by atoms with Crippen molar-refractivity contribution in [3.05, 3.63) is 51.8 Å². The van der Waals surface area contributed by atoms with E-state index in [2.05, 4.69) is 10.3 Å². The van der Waals surface area contributed by atoms with Gasteiger partial charge in [0.05, 0.1) is 5.56 Å². The number of nitrogens with zero attached hydrogens (tertiary/aromatic N) is 3. The van der Waals surface area contributed by atoms with E-state index in [0.717, 1.165) is 0 Å². The summed E-state index contributed by atoms with van der Waals surface area (Å²) in [6, 6.07) is 0.0582. The van der Waals surface area contributed by atoms with Crippen LogP contribution in [0.25, 0.3) is 0 Å². The van der Waals surface area contributed by atoms with Gasteiger partial charge in [0.25, 0.3) is 11.5 Å². The molecule has 144 valence electrons. The van der Waals surface area contributed by atoms with E-state index in [1.807, 2.05) is 0 Å². The predicted octanol–water partition coefficient (Wildman–Crippen LogP) is 1.30. The zero-order chi connectivity index (χ0) is 19.7. The van der Waals surface area contributed by atoms with Crippen LogP contribution in [0.2, 0.25) is 0 Å². The first kappa shape index (κ1) is 18.7. The lowest BCUT2D eigenvalue weighted by Crippen LogP contribution is -2.46. The van der Waals surface area contributed by atoms with Crippen molar-refractivity contribution in [1.29, 1.82) is 0 Å². The van der Waals surface area contributed by atoms with Crippen molar-refractivity contribution in [2.45, 2.75) is 18.9 Å². The van der Waals surface area contributed by atoms with Crippen LogP contribution in [0.15, 0.2) is 23.3 Å². The Balaban J connectivity index is 1.67. The number of hydrogen-bond acceptors (Lipinski definition) is 5. The molecule has 0 atom stereocenters. The smallest absolute Gasteiger partial charge is 0.293 e. The first-order valence-corrected chi connectivity index (χ1v) is 8.23. The molecule has 1 aliphatic heterocycles. The van der Waals surface area contributed by atoms with Gasteiger partial charge in [-0.25, -0.2) is 13.8 Å². The number of phenolic OH excluding ortho intramolecular Hbond substituents is 1. The van der Waals surface area contributed by atoms with E-state index in [-0.39, 0.29) is 11.6 Å². The van der Waals surface area contributed by atoms with Crippen LogP contribution < -0.4 is 15.8 Å². The van der Waals surface area contributed by atoms with Gasteiger partial charge in [0.15, 0.2) is 23.2 Å². The number of piperidine rings is 1. The van der Waals surface area contributed by atoms with Crippen molar-refractivity contribution in [1.82, 2.24) is 14.9 Å². The summed E-state index contributed by atoms with van der Waals surface area (Å²) in [5.74, 6) is -6.94. The Morgan fingerprint density at radius 3 is 2.59 bits per heavy atom. The van der Waals surface area contributed by atoms with Crippen molar-refractivity contribution in [3.8, 4) is 5.75 Å². The molecule has 1 aromatic heterocycles. The quantitative estimate of drug-likeness (QED) is 0.782. The minimum atomic E-state index is -1.74. The number of aromatic hydroxyl groups is 1. The van der Waals surface area contributed by atoms with Gasteiger partial charge in [0, 0.05) is 38.6 Å². The third-order valence-electron chi connectivity index (χ3n) is 4.51. The van der Waals surface area contributed by atoms with Crippen LogP contribution in [0.5, 0.6) is 5.75 Å². The highest BCUT2D eigenvalue weighted by atomic mass is 19.2.